The summed E-state index contributed by atoms with van der Waals surface area (Å²) < 4.78 is 0. The Balaban J connectivity index is 1.74. The van der Waals surface area contributed by atoms with Gasteiger partial charge in [-0.2, -0.15) is 0 Å². The molecule has 7 nitrogen and oxygen atoms in total. The molecule has 0 radical (unpaired) electrons. The number of nitrogens with two attached hydrogens (primary N) is 2. The summed E-state index contributed by atoms with van der Waals surface area (Å²) in [6.07, 6.45) is 0. The summed E-state index contributed by atoms with van der Waals surface area (Å²) in [4.78, 5) is 22.0. The van der Waals surface area contributed by atoms with Gasteiger partial charge in [-0.25, -0.2) is 0 Å². The molecular formula is C18H18ClN5O2. The molecule has 1 heterocycles. The maximum atomic E-state index is 12.6. The van der Waals surface area contributed by atoms with E-state index in [0.29, 0.717) is 23.0 Å². The number of H-pyrrole nitrogens is 1. The third-order valence-corrected chi connectivity index (χ3v) is 4.22. The van der Waals surface area contributed by atoms with E-state index in [2.05, 4.69) is 10.1 Å². The van der Waals surface area contributed by atoms with Gasteiger partial charge in [0.05, 0.1) is 0 Å². The molecule has 1 amide bonds. The monoisotopic (exact) mass is 371 g/mol. The lowest BCUT2D eigenvalue weighted by atomic mass is 10.2. The third kappa shape index (κ3) is 3.63. The maximum absolute atomic E-state index is 12.6. The van der Waals surface area contributed by atoms with Gasteiger partial charge in [-0.05, 0) is 41.1 Å². The fraction of sp³-hybridized carbons (Fsp3) is 0.111. The highest BCUT2D eigenvalue weighted by molar-refractivity contribution is 6.35. The number of benzene rings is 2. The van der Waals surface area contributed by atoms with E-state index in [1.807, 2.05) is 18.2 Å². The number of carbonyl (C=O) groups is 1. The second-order valence-corrected chi connectivity index (χ2v) is 6.04. The quantitative estimate of drug-likeness (QED) is 0.372. The summed E-state index contributed by atoms with van der Waals surface area (Å²) in [5.41, 5.74) is 13.5. The van der Waals surface area contributed by atoms with Crippen molar-refractivity contribution in [3.8, 4) is 5.75 Å². The minimum Gasteiger partial charge on any atom is -0.367 e. The topological polar surface area (TPSA) is 110 Å². The van der Waals surface area contributed by atoms with E-state index in [1.165, 1.54) is 11.9 Å². The first kappa shape index (κ1) is 17.8. The molecule has 0 atom stereocenters. The highest BCUT2D eigenvalue weighted by atomic mass is 35.5. The van der Waals surface area contributed by atoms with Crippen LogP contribution in [0.3, 0.4) is 0 Å². The molecule has 2 aromatic carbocycles. The maximum Gasteiger partial charge on any atom is 0.276 e. The Morgan fingerprint density at radius 2 is 2.00 bits per heavy atom. The molecule has 134 valence electrons. The first-order valence-corrected chi connectivity index (χ1v) is 8.22. The molecule has 0 aliphatic rings. The normalized spacial score (nSPS) is 11.6. The molecule has 0 fully saturated rings. The van der Waals surface area contributed by atoms with E-state index < -0.39 is 0 Å². The van der Waals surface area contributed by atoms with Gasteiger partial charge in [-0.3, -0.25) is 9.69 Å². The number of amides is 1. The molecule has 0 aliphatic heterocycles. The van der Waals surface area contributed by atoms with Crippen LogP contribution >= 0.6 is 11.6 Å². The predicted octanol–water partition coefficient (Wildman–Crippen LogP) is 2.66. The molecule has 1 aromatic heterocycles. The molecule has 0 unspecified atom stereocenters. The summed E-state index contributed by atoms with van der Waals surface area (Å²) in [5, 5.41) is 5.12. The number of hydrogen-bond donors (Lipinski definition) is 3. The van der Waals surface area contributed by atoms with Crippen molar-refractivity contribution in [2.45, 2.75) is 6.54 Å². The van der Waals surface area contributed by atoms with Crippen LogP contribution in [0.1, 0.15) is 16.1 Å². The van der Waals surface area contributed by atoms with E-state index in [1.54, 1.807) is 30.3 Å². The second kappa shape index (κ2) is 7.47. The molecule has 8 heteroatoms. The van der Waals surface area contributed by atoms with Crippen LogP contribution in [0.4, 0.5) is 0 Å². The van der Waals surface area contributed by atoms with Crippen LogP contribution in [0, 0.1) is 0 Å². The first-order valence-electron chi connectivity index (χ1n) is 7.84. The molecule has 0 saturated heterocycles. The Morgan fingerprint density at radius 3 is 2.65 bits per heavy atom. The largest absolute Gasteiger partial charge is 0.367 e. The van der Waals surface area contributed by atoms with E-state index in [-0.39, 0.29) is 11.9 Å². The average molecular weight is 372 g/mol. The van der Waals surface area contributed by atoms with Crippen molar-refractivity contribution in [1.82, 2.24) is 9.88 Å². The summed E-state index contributed by atoms with van der Waals surface area (Å²) in [5.74, 6) is 0.0478. The highest BCUT2D eigenvalue weighted by Crippen LogP contribution is 2.24. The van der Waals surface area contributed by atoms with Crippen LogP contribution in [-0.2, 0) is 6.54 Å². The van der Waals surface area contributed by atoms with E-state index in [4.69, 9.17) is 27.9 Å². The molecule has 5 N–H and O–H groups in total. The minimum atomic E-state index is -0.361. The summed E-state index contributed by atoms with van der Waals surface area (Å²) in [7, 11) is 1.51. The number of halogens is 1. The lowest BCUT2D eigenvalue weighted by molar-refractivity contribution is 0.0861. The third-order valence-electron chi connectivity index (χ3n) is 3.89. The zero-order chi connectivity index (χ0) is 18.7. The van der Waals surface area contributed by atoms with Gasteiger partial charge in [0, 0.05) is 29.5 Å². The average Bonchev–Trinajstić information content (AvgIpc) is 3.11. The Hall–Kier alpha value is -3.03. The van der Waals surface area contributed by atoms with Crippen molar-refractivity contribution in [3.63, 3.8) is 0 Å². The van der Waals surface area contributed by atoms with Crippen molar-refractivity contribution in [3.05, 3.63) is 64.8 Å². The van der Waals surface area contributed by atoms with Crippen LogP contribution in [0.2, 0.25) is 5.02 Å². The van der Waals surface area contributed by atoms with Crippen molar-refractivity contribution in [1.29, 1.82) is 0 Å². The lowest BCUT2D eigenvalue weighted by Crippen LogP contribution is -2.39. The van der Waals surface area contributed by atoms with Gasteiger partial charge >= 0.3 is 0 Å². The highest BCUT2D eigenvalue weighted by Gasteiger charge is 2.18. The van der Waals surface area contributed by atoms with Crippen molar-refractivity contribution < 1.29 is 9.63 Å². The van der Waals surface area contributed by atoms with Gasteiger partial charge in [0.2, 0.25) is 5.96 Å². The summed E-state index contributed by atoms with van der Waals surface area (Å²) in [6, 6.07) is 14.2. The van der Waals surface area contributed by atoms with E-state index in [0.717, 1.165) is 16.5 Å². The van der Waals surface area contributed by atoms with Gasteiger partial charge < -0.3 is 21.3 Å². The molecule has 0 saturated carbocycles. The zero-order valence-corrected chi connectivity index (χ0v) is 14.8. The summed E-state index contributed by atoms with van der Waals surface area (Å²) in [6.45, 7) is 0.442. The number of carbonyl (C=O) groups excluding carboxylic acids is 1. The van der Waals surface area contributed by atoms with Gasteiger partial charge in [-0.1, -0.05) is 29.8 Å². The number of nitrogens with zero attached hydrogens (tertiary/aromatic N) is 2. The lowest BCUT2D eigenvalue weighted by Gasteiger charge is -2.14. The smallest absolute Gasteiger partial charge is 0.276 e. The van der Waals surface area contributed by atoms with Crippen LogP contribution in [0.15, 0.2) is 53.7 Å². The molecule has 26 heavy (non-hydrogen) atoms. The van der Waals surface area contributed by atoms with Crippen LogP contribution in [0.5, 0.6) is 5.75 Å². The fourth-order valence-electron chi connectivity index (χ4n) is 2.37. The Morgan fingerprint density at radius 1 is 1.27 bits per heavy atom. The number of fused-ring (bicyclic) bond motifs is 1. The van der Waals surface area contributed by atoms with Gasteiger partial charge in [0.25, 0.3) is 5.91 Å². The molecule has 0 spiro atoms. The molecule has 3 rings (SSSR count). The number of guanidine groups is 1. The van der Waals surface area contributed by atoms with E-state index in [9.17, 15) is 4.79 Å². The number of aromatic nitrogens is 1. The Bertz CT molecular complexity index is 965. The molecule has 0 aliphatic carbocycles. The van der Waals surface area contributed by atoms with Crippen molar-refractivity contribution in [2.75, 3.05) is 7.05 Å². The minimum absolute atomic E-state index is 0.0809. The van der Waals surface area contributed by atoms with Crippen molar-refractivity contribution in [2.24, 2.45) is 16.6 Å². The zero-order valence-electron chi connectivity index (χ0n) is 14.1. The predicted molar refractivity (Wildman–Crippen MR) is 102 cm³/mol. The molecule has 0 bridgehead atoms. The first-order chi connectivity index (χ1) is 12.5. The van der Waals surface area contributed by atoms with Gasteiger partial charge in [0.15, 0.2) is 5.75 Å². The molecular weight excluding hydrogens is 354 g/mol. The number of nitrogens with one attached hydrogen (secondary N) is 1. The van der Waals surface area contributed by atoms with Crippen molar-refractivity contribution >= 4 is 34.4 Å². The van der Waals surface area contributed by atoms with Gasteiger partial charge in [-0.15, -0.1) is 0 Å². The number of aromatic amines is 1. The SMILES string of the molecule is CN(C(=O)c1cc2c(Cl)cccc2[nH]1)C(N)=NOc1ccc(CN)cc1. The standard InChI is InChI=1S/C18H18ClN5O2/c1-24(18(21)23-26-12-7-5-11(10-20)6-8-12)17(25)16-9-13-14(19)3-2-4-15(13)22-16/h2-9,22H,10,20H2,1H3,(H2,21,23). The Kier molecular flexibility index (Phi) is 5.11. The number of rotatable bonds is 4. The number of hydrogen-bond acceptors (Lipinski definition) is 4. The van der Waals surface area contributed by atoms with Crippen LogP contribution in [0.25, 0.3) is 10.9 Å². The van der Waals surface area contributed by atoms with Crippen LogP contribution in [-0.4, -0.2) is 28.8 Å². The van der Waals surface area contributed by atoms with E-state index >= 15 is 0 Å². The molecule has 3 aromatic rings. The van der Waals surface area contributed by atoms with Gasteiger partial charge in [0.1, 0.15) is 5.69 Å². The fourth-order valence-corrected chi connectivity index (χ4v) is 2.59. The number of oxime groups is 1. The Labute approximate surface area is 155 Å². The second-order valence-electron chi connectivity index (χ2n) is 5.64. The van der Waals surface area contributed by atoms with Crippen LogP contribution < -0.4 is 16.3 Å². The summed E-state index contributed by atoms with van der Waals surface area (Å²) >= 11 is 6.14.